The summed E-state index contributed by atoms with van der Waals surface area (Å²) >= 11 is 0. The molecule has 1 rings (SSSR count). The summed E-state index contributed by atoms with van der Waals surface area (Å²) < 4.78 is 0. The Bertz CT molecular complexity index is 198. The second-order valence-corrected chi connectivity index (χ2v) is 3.75. The molecule has 0 saturated carbocycles. The van der Waals surface area contributed by atoms with E-state index in [-0.39, 0.29) is 18.6 Å². The van der Waals surface area contributed by atoms with Crippen LogP contribution in [0.5, 0.6) is 0 Å². The summed E-state index contributed by atoms with van der Waals surface area (Å²) in [5.41, 5.74) is 0. The first-order valence-electron chi connectivity index (χ1n) is 4.89. The molecule has 1 saturated heterocycles. The highest BCUT2D eigenvalue weighted by Gasteiger charge is 2.22. The van der Waals surface area contributed by atoms with Crippen LogP contribution in [0.25, 0.3) is 0 Å². The number of piperidine rings is 1. The zero-order valence-corrected chi connectivity index (χ0v) is 8.44. The average Bonchev–Trinajstić information content (AvgIpc) is 2.19. The van der Waals surface area contributed by atoms with Crippen LogP contribution in [0.1, 0.15) is 12.8 Å². The molecule has 0 radical (unpaired) electrons. The SMILES string of the molecule is CN1CC(NCC(O)CO)CCC1=O. The lowest BCUT2D eigenvalue weighted by Crippen LogP contribution is -2.48. The van der Waals surface area contributed by atoms with E-state index in [0.717, 1.165) is 6.42 Å². The summed E-state index contributed by atoms with van der Waals surface area (Å²) in [4.78, 5) is 12.8. The van der Waals surface area contributed by atoms with Gasteiger partial charge in [-0.15, -0.1) is 0 Å². The summed E-state index contributed by atoms with van der Waals surface area (Å²) in [5, 5.41) is 20.8. The van der Waals surface area contributed by atoms with Gasteiger partial charge in [0.1, 0.15) is 0 Å². The smallest absolute Gasteiger partial charge is 0.222 e. The third-order valence-electron chi connectivity index (χ3n) is 2.48. The Morgan fingerprint density at radius 1 is 1.71 bits per heavy atom. The Balaban J connectivity index is 2.23. The van der Waals surface area contributed by atoms with Crippen LogP contribution in [0.3, 0.4) is 0 Å². The van der Waals surface area contributed by atoms with Gasteiger partial charge in [0, 0.05) is 32.6 Å². The number of hydrogen-bond donors (Lipinski definition) is 3. The van der Waals surface area contributed by atoms with Crippen LogP contribution in [-0.2, 0) is 4.79 Å². The molecule has 5 heteroatoms. The second kappa shape index (κ2) is 5.29. The van der Waals surface area contributed by atoms with E-state index in [2.05, 4.69) is 5.32 Å². The Morgan fingerprint density at radius 3 is 3.00 bits per heavy atom. The van der Waals surface area contributed by atoms with Gasteiger partial charge in [0.2, 0.25) is 5.91 Å². The van der Waals surface area contributed by atoms with Gasteiger partial charge < -0.3 is 20.4 Å². The zero-order valence-electron chi connectivity index (χ0n) is 8.44. The van der Waals surface area contributed by atoms with Gasteiger partial charge in [0.15, 0.2) is 0 Å². The topological polar surface area (TPSA) is 72.8 Å². The normalized spacial score (nSPS) is 25.2. The van der Waals surface area contributed by atoms with Crippen molar-refractivity contribution in [1.29, 1.82) is 0 Å². The number of nitrogens with one attached hydrogen (secondary N) is 1. The van der Waals surface area contributed by atoms with Gasteiger partial charge in [-0.1, -0.05) is 0 Å². The van der Waals surface area contributed by atoms with Crippen molar-refractivity contribution in [1.82, 2.24) is 10.2 Å². The number of carbonyl (C=O) groups excluding carboxylic acids is 1. The fraction of sp³-hybridized carbons (Fsp3) is 0.889. The van der Waals surface area contributed by atoms with Crippen LogP contribution in [0.2, 0.25) is 0 Å². The third kappa shape index (κ3) is 3.25. The highest BCUT2D eigenvalue weighted by Crippen LogP contribution is 2.09. The number of aliphatic hydroxyl groups is 2. The molecule has 82 valence electrons. The van der Waals surface area contributed by atoms with Gasteiger partial charge in [-0.25, -0.2) is 0 Å². The molecule has 1 heterocycles. The number of carbonyl (C=O) groups is 1. The van der Waals surface area contributed by atoms with Gasteiger partial charge in [0.25, 0.3) is 0 Å². The van der Waals surface area contributed by atoms with Crippen molar-refractivity contribution in [2.75, 3.05) is 26.7 Å². The average molecular weight is 202 g/mol. The van der Waals surface area contributed by atoms with E-state index in [1.165, 1.54) is 0 Å². The standard InChI is InChI=1S/C9H18N2O3/c1-11-5-7(2-3-9(11)14)10-4-8(13)6-12/h7-8,10,12-13H,2-6H2,1H3. The summed E-state index contributed by atoms with van der Waals surface area (Å²) in [7, 11) is 1.78. The van der Waals surface area contributed by atoms with E-state index in [4.69, 9.17) is 10.2 Å². The first kappa shape index (κ1) is 11.4. The van der Waals surface area contributed by atoms with E-state index in [9.17, 15) is 4.79 Å². The van der Waals surface area contributed by atoms with E-state index in [1.807, 2.05) is 0 Å². The van der Waals surface area contributed by atoms with Crippen LogP contribution in [0.4, 0.5) is 0 Å². The maximum atomic E-state index is 11.1. The lowest BCUT2D eigenvalue weighted by Gasteiger charge is -2.30. The van der Waals surface area contributed by atoms with Crippen LogP contribution < -0.4 is 5.32 Å². The number of likely N-dealkylation sites (tertiary alicyclic amines) is 1. The molecule has 2 unspecified atom stereocenters. The van der Waals surface area contributed by atoms with E-state index in [1.54, 1.807) is 11.9 Å². The molecule has 1 fully saturated rings. The summed E-state index contributed by atoms with van der Waals surface area (Å²) in [6.45, 7) is 0.828. The molecule has 1 amide bonds. The molecule has 2 atom stereocenters. The van der Waals surface area contributed by atoms with Gasteiger partial charge in [-0.3, -0.25) is 4.79 Å². The zero-order chi connectivity index (χ0) is 10.6. The Kier molecular flexibility index (Phi) is 4.31. The summed E-state index contributed by atoms with van der Waals surface area (Å²) in [6.07, 6.45) is 0.656. The number of likely N-dealkylation sites (N-methyl/N-ethyl adjacent to an activating group) is 1. The largest absolute Gasteiger partial charge is 0.394 e. The quantitative estimate of drug-likeness (QED) is 0.521. The predicted molar refractivity (Wildman–Crippen MR) is 51.8 cm³/mol. The molecule has 1 aliphatic rings. The molecular formula is C9H18N2O3. The van der Waals surface area contributed by atoms with Crippen LogP contribution in [-0.4, -0.2) is 59.9 Å². The fourth-order valence-electron chi connectivity index (χ4n) is 1.55. The Morgan fingerprint density at radius 2 is 2.43 bits per heavy atom. The summed E-state index contributed by atoms with van der Waals surface area (Å²) in [6, 6.07) is 0.235. The molecule has 1 aliphatic heterocycles. The van der Waals surface area contributed by atoms with Crippen molar-refractivity contribution in [3.05, 3.63) is 0 Å². The highest BCUT2D eigenvalue weighted by molar-refractivity contribution is 5.76. The van der Waals surface area contributed by atoms with Crippen LogP contribution in [0.15, 0.2) is 0 Å². The molecule has 0 bridgehead atoms. The van der Waals surface area contributed by atoms with Crippen molar-refractivity contribution < 1.29 is 15.0 Å². The molecule has 0 aromatic heterocycles. The van der Waals surface area contributed by atoms with E-state index in [0.29, 0.717) is 19.5 Å². The van der Waals surface area contributed by atoms with Gasteiger partial charge in [0.05, 0.1) is 12.7 Å². The van der Waals surface area contributed by atoms with Crippen LogP contribution >= 0.6 is 0 Å². The molecule has 14 heavy (non-hydrogen) atoms. The Hall–Kier alpha value is -0.650. The van der Waals surface area contributed by atoms with Crippen molar-refractivity contribution in [3.8, 4) is 0 Å². The van der Waals surface area contributed by atoms with Crippen LogP contribution in [0, 0.1) is 0 Å². The monoisotopic (exact) mass is 202 g/mol. The minimum absolute atomic E-state index is 0.172. The molecule has 0 aliphatic carbocycles. The summed E-state index contributed by atoms with van der Waals surface area (Å²) in [5.74, 6) is 0.172. The third-order valence-corrected chi connectivity index (χ3v) is 2.48. The van der Waals surface area contributed by atoms with E-state index >= 15 is 0 Å². The van der Waals surface area contributed by atoms with E-state index < -0.39 is 6.10 Å². The lowest BCUT2D eigenvalue weighted by molar-refractivity contribution is -0.132. The minimum atomic E-state index is -0.710. The minimum Gasteiger partial charge on any atom is -0.394 e. The van der Waals surface area contributed by atoms with Crippen molar-refractivity contribution in [2.45, 2.75) is 25.0 Å². The molecule has 3 N–H and O–H groups in total. The molecular weight excluding hydrogens is 184 g/mol. The maximum absolute atomic E-state index is 11.1. The number of amides is 1. The van der Waals surface area contributed by atoms with Crippen molar-refractivity contribution >= 4 is 5.91 Å². The number of rotatable bonds is 4. The Labute approximate surface area is 83.7 Å². The van der Waals surface area contributed by atoms with Gasteiger partial charge in [-0.2, -0.15) is 0 Å². The highest BCUT2D eigenvalue weighted by atomic mass is 16.3. The second-order valence-electron chi connectivity index (χ2n) is 3.75. The van der Waals surface area contributed by atoms with Crippen molar-refractivity contribution in [3.63, 3.8) is 0 Å². The maximum Gasteiger partial charge on any atom is 0.222 e. The van der Waals surface area contributed by atoms with Crippen molar-refractivity contribution in [2.24, 2.45) is 0 Å². The molecule has 0 aromatic carbocycles. The first-order valence-corrected chi connectivity index (χ1v) is 4.89. The van der Waals surface area contributed by atoms with Gasteiger partial charge in [-0.05, 0) is 6.42 Å². The lowest BCUT2D eigenvalue weighted by atomic mass is 10.1. The molecule has 5 nitrogen and oxygen atoms in total. The number of aliphatic hydroxyl groups excluding tert-OH is 2. The number of hydrogen-bond acceptors (Lipinski definition) is 4. The number of nitrogens with zero attached hydrogens (tertiary/aromatic N) is 1. The molecule has 0 spiro atoms. The predicted octanol–water partition coefficient (Wildman–Crippen LogP) is -1.45. The van der Waals surface area contributed by atoms with Gasteiger partial charge >= 0.3 is 0 Å². The molecule has 0 aromatic rings. The fourth-order valence-corrected chi connectivity index (χ4v) is 1.55. The first-order chi connectivity index (χ1) is 6.63.